The summed E-state index contributed by atoms with van der Waals surface area (Å²) in [5.74, 6) is -0.297. The van der Waals surface area contributed by atoms with Crippen LogP contribution >= 0.6 is 0 Å². The van der Waals surface area contributed by atoms with Gasteiger partial charge in [-0.05, 0) is 24.3 Å². The topological polar surface area (TPSA) is 75.4 Å². The molecule has 5 nitrogen and oxygen atoms in total. The maximum absolute atomic E-state index is 11.1. The molecule has 0 spiro atoms. The molecular weight excluding hydrogens is 294 g/mol. The van der Waals surface area contributed by atoms with E-state index in [0.717, 1.165) is 5.56 Å². The number of rotatable bonds is 5. The van der Waals surface area contributed by atoms with Gasteiger partial charge in [0.25, 0.3) is 0 Å². The second-order valence-corrected chi connectivity index (χ2v) is 4.95. The first-order chi connectivity index (χ1) is 11.2. The second kappa shape index (κ2) is 6.36. The van der Waals surface area contributed by atoms with Crippen LogP contribution in [0.1, 0.15) is 17.9 Å². The molecule has 0 unspecified atom stereocenters. The third-order valence-corrected chi connectivity index (χ3v) is 3.37. The molecule has 23 heavy (non-hydrogen) atoms. The lowest BCUT2D eigenvalue weighted by molar-refractivity contribution is -0.304. The van der Waals surface area contributed by atoms with Crippen LogP contribution in [-0.2, 0) is 4.79 Å². The number of oxazole rings is 1. The highest BCUT2D eigenvalue weighted by molar-refractivity contribution is 5.91. The van der Waals surface area contributed by atoms with Gasteiger partial charge in [-0.3, -0.25) is 0 Å². The van der Waals surface area contributed by atoms with Crippen molar-refractivity contribution in [1.29, 1.82) is 0 Å². The lowest BCUT2D eigenvalue weighted by Crippen LogP contribution is -2.22. The Bertz CT molecular complexity index is 846. The fourth-order valence-corrected chi connectivity index (χ4v) is 2.33. The van der Waals surface area contributed by atoms with Gasteiger partial charge in [-0.1, -0.05) is 30.3 Å². The third kappa shape index (κ3) is 3.23. The largest absolute Gasteiger partial charge is 0.550 e. The number of ether oxygens (including phenoxy) is 1. The van der Waals surface area contributed by atoms with Gasteiger partial charge in [-0.2, -0.15) is 0 Å². The number of aromatic nitrogens is 1. The Morgan fingerprint density at radius 2 is 1.96 bits per heavy atom. The molecule has 5 heteroatoms. The zero-order valence-corrected chi connectivity index (χ0v) is 12.5. The Labute approximate surface area is 132 Å². The van der Waals surface area contributed by atoms with Crippen molar-refractivity contribution in [2.45, 2.75) is 6.42 Å². The van der Waals surface area contributed by atoms with Crippen molar-refractivity contribution in [1.82, 2.24) is 4.98 Å². The minimum Gasteiger partial charge on any atom is -0.550 e. The average Bonchev–Trinajstić information content (AvgIpc) is 2.98. The van der Waals surface area contributed by atoms with Crippen molar-refractivity contribution in [2.75, 3.05) is 7.11 Å². The molecule has 0 aliphatic rings. The summed E-state index contributed by atoms with van der Waals surface area (Å²) in [6.45, 7) is 0. The van der Waals surface area contributed by atoms with Crippen LogP contribution in [0.25, 0.3) is 22.7 Å². The van der Waals surface area contributed by atoms with Gasteiger partial charge < -0.3 is 19.1 Å². The summed E-state index contributed by atoms with van der Waals surface area (Å²) in [4.78, 5) is 15.4. The van der Waals surface area contributed by atoms with Crippen molar-refractivity contribution >= 4 is 28.7 Å². The van der Waals surface area contributed by atoms with Crippen LogP contribution in [-0.4, -0.2) is 18.1 Å². The highest BCUT2D eigenvalue weighted by Gasteiger charge is 2.12. The van der Waals surface area contributed by atoms with Gasteiger partial charge in [0.15, 0.2) is 5.58 Å². The number of carboxylic acid groups (broad SMARTS) is 1. The van der Waals surface area contributed by atoms with E-state index in [1.54, 1.807) is 25.3 Å². The van der Waals surface area contributed by atoms with E-state index in [2.05, 4.69) is 4.98 Å². The Morgan fingerprint density at radius 3 is 2.70 bits per heavy atom. The molecule has 1 aromatic heterocycles. The summed E-state index contributed by atoms with van der Waals surface area (Å²) >= 11 is 0. The number of nitrogens with zero attached hydrogens (tertiary/aromatic N) is 1. The fourth-order valence-electron chi connectivity index (χ4n) is 2.33. The van der Waals surface area contributed by atoms with Crippen LogP contribution < -0.4 is 9.84 Å². The van der Waals surface area contributed by atoms with Gasteiger partial charge >= 0.3 is 0 Å². The zero-order chi connectivity index (χ0) is 16.2. The highest BCUT2D eigenvalue weighted by atomic mass is 16.5. The molecular formula is C18H14NO4-. The van der Waals surface area contributed by atoms with E-state index in [1.807, 2.05) is 36.4 Å². The van der Waals surface area contributed by atoms with Gasteiger partial charge in [0, 0.05) is 23.5 Å². The Morgan fingerprint density at radius 1 is 1.22 bits per heavy atom. The average molecular weight is 308 g/mol. The molecule has 0 aliphatic heterocycles. The molecule has 0 bridgehead atoms. The second-order valence-electron chi connectivity index (χ2n) is 4.95. The van der Waals surface area contributed by atoms with Crippen LogP contribution in [0.3, 0.4) is 0 Å². The number of hydrogen-bond donors (Lipinski definition) is 0. The predicted molar refractivity (Wildman–Crippen MR) is 84.5 cm³/mol. The number of carbonyl (C=O) groups excluding carboxylic acids is 1. The molecule has 0 amide bonds. The Balaban J connectivity index is 2.10. The molecule has 2 aromatic carbocycles. The van der Waals surface area contributed by atoms with Crippen molar-refractivity contribution in [3.05, 3.63) is 60.0 Å². The quantitative estimate of drug-likeness (QED) is 0.724. The Kier molecular flexibility index (Phi) is 4.10. The molecule has 0 saturated heterocycles. The van der Waals surface area contributed by atoms with E-state index in [4.69, 9.17) is 9.15 Å². The molecule has 3 aromatic rings. The summed E-state index contributed by atoms with van der Waals surface area (Å²) in [6, 6.07) is 14.6. The van der Waals surface area contributed by atoms with E-state index in [-0.39, 0.29) is 12.3 Å². The van der Waals surface area contributed by atoms with Crippen LogP contribution in [0, 0.1) is 0 Å². The van der Waals surface area contributed by atoms with Gasteiger partial charge in [0.1, 0.15) is 11.3 Å². The number of methoxy groups -OCH3 is 1. The maximum Gasteiger partial charge on any atom is 0.223 e. The van der Waals surface area contributed by atoms with E-state index in [0.29, 0.717) is 22.4 Å². The summed E-state index contributed by atoms with van der Waals surface area (Å²) in [5, 5.41) is 11.1. The molecule has 3 rings (SSSR count). The van der Waals surface area contributed by atoms with Crippen molar-refractivity contribution in [3.63, 3.8) is 0 Å². The van der Waals surface area contributed by atoms with Crippen molar-refractivity contribution in [3.8, 4) is 5.75 Å². The number of para-hydroxylation sites is 3. The zero-order valence-electron chi connectivity index (χ0n) is 12.5. The molecule has 0 aliphatic carbocycles. The molecule has 1 heterocycles. The van der Waals surface area contributed by atoms with Gasteiger partial charge in [0.05, 0.1) is 7.11 Å². The van der Waals surface area contributed by atoms with Crippen molar-refractivity contribution in [2.24, 2.45) is 0 Å². The minimum absolute atomic E-state index is 0.265. The van der Waals surface area contributed by atoms with Gasteiger partial charge in [-0.15, -0.1) is 0 Å². The predicted octanol–water partition coefficient (Wildman–Crippen LogP) is 2.52. The first kappa shape index (κ1) is 14.8. The van der Waals surface area contributed by atoms with Crippen LogP contribution in [0.5, 0.6) is 5.75 Å². The van der Waals surface area contributed by atoms with E-state index in [1.165, 1.54) is 0 Å². The first-order valence-electron chi connectivity index (χ1n) is 7.07. The van der Waals surface area contributed by atoms with E-state index < -0.39 is 5.97 Å². The molecule has 0 fully saturated rings. The van der Waals surface area contributed by atoms with E-state index >= 15 is 0 Å². The van der Waals surface area contributed by atoms with Crippen LogP contribution in [0.4, 0.5) is 0 Å². The number of carbonyl (C=O) groups is 1. The number of aliphatic carboxylic acids is 1. The van der Waals surface area contributed by atoms with Crippen LogP contribution in [0.15, 0.2) is 52.9 Å². The van der Waals surface area contributed by atoms with Crippen LogP contribution in [0.2, 0.25) is 0 Å². The highest BCUT2D eigenvalue weighted by Crippen LogP contribution is 2.28. The maximum atomic E-state index is 11.1. The minimum atomic E-state index is -1.20. The first-order valence-corrected chi connectivity index (χ1v) is 7.07. The monoisotopic (exact) mass is 308 g/mol. The van der Waals surface area contributed by atoms with Gasteiger partial charge in [0.2, 0.25) is 5.89 Å². The third-order valence-electron chi connectivity index (χ3n) is 3.37. The molecule has 116 valence electrons. The number of hydrogen-bond acceptors (Lipinski definition) is 5. The lowest BCUT2D eigenvalue weighted by Gasteiger charge is -2.08. The van der Waals surface area contributed by atoms with E-state index in [9.17, 15) is 9.90 Å². The number of carboxylic acids is 1. The SMILES string of the molecule is COc1ccccc1/C=C(\CC(=O)[O-])c1nc2ccccc2o1. The summed E-state index contributed by atoms with van der Waals surface area (Å²) in [7, 11) is 1.56. The fraction of sp³-hybridized carbons (Fsp3) is 0.111. The summed E-state index contributed by atoms with van der Waals surface area (Å²) in [6.07, 6.45) is 1.39. The number of benzene rings is 2. The normalized spacial score (nSPS) is 11.6. The Hall–Kier alpha value is -3.08. The number of fused-ring (bicyclic) bond motifs is 1. The van der Waals surface area contributed by atoms with Gasteiger partial charge in [-0.25, -0.2) is 4.98 Å². The molecule has 0 atom stereocenters. The molecule has 0 radical (unpaired) electrons. The lowest BCUT2D eigenvalue weighted by atomic mass is 10.1. The summed E-state index contributed by atoms with van der Waals surface area (Å²) < 4.78 is 11.0. The summed E-state index contributed by atoms with van der Waals surface area (Å²) in [5.41, 5.74) is 2.44. The smallest absolute Gasteiger partial charge is 0.223 e. The molecule has 0 saturated carbocycles. The van der Waals surface area contributed by atoms with Crippen molar-refractivity contribution < 1.29 is 19.1 Å². The molecule has 0 N–H and O–H groups in total. The standard InChI is InChI=1S/C18H15NO4/c1-22-15-8-4-2-6-12(15)10-13(11-17(20)21)18-19-14-7-3-5-9-16(14)23-18/h2-10H,11H2,1H3,(H,20,21)/p-1/b13-10+.